The average Bonchev–Trinajstić information content (AvgIpc) is 3.35. The van der Waals surface area contributed by atoms with Crippen LogP contribution in [-0.4, -0.2) is 22.7 Å². The van der Waals surface area contributed by atoms with Gasteiger partial charge in [0.05, 0.1) is 10.5 Å². The van der Waals surface area contributed by atoms with Crippen molar-refractivity contribution in [3.05, 3.63) is 87.8 Å². The summed E-state index contributed by atoms with van der Waals surface area (Å²) in [7, 11) is 0. The van der Waals surface area contributed by atoms with Crippen molar-refractivity contribution in [2.75, 3.05) is 5.32 Å². The summed E-state index contributed by atoms with van der Waals surface area (Å²) >= 11 is 0. The second-order valence-corrected chi connectivity index (χ2v) is 6.57. The molecule has 0 bridgehead atoms. The minimum atomic E-state index is -0.649. The number of carbonyl (C=O) groups is 2. The number of nitro benzene ring substituents is 1. The molecular formula is C22H15N3O6. The molecule has 1 aromatic heterocycles. The van der Waals surface area contributed by atoms with Gasteiger partial charge in [0.1, 0.15) is 11.5 Å². The zero-order chi connectivity index (χ0) is 22.0. The van der Waals surface area contributed by atoms with Gasteiger partial charge in [0.25, 0.3) is 5.69 Å². The Morgan fingerprint density at radius 3 is 2.55 bits per heavy atom. The summed E-state index contributed by atoms with van der Waals surface area (Å²) in [6.45, 7) is 1.41. The molecule has 154 valence electrons. The summed E-state index contributed by atoms with van der Waals surface area (Å²) in [4.78, 5) is 38.2. The molecule has 0 radical (unpaired) electrons. The van der Waals surface area contributed by atoms with Gasteiger partial charge in [0.15, 0.2) is 5.70 Å². The number of esters is 1. The Morgan fingerprint density at radius 2 is 1.84 bits per heavy atom. The summed E-state index contributed by atoms with van der Waals surface area (Å²) in [6, 6.07) is 16.0. The highest BCUT2D eigenvalue weighted by Gasteiger charge is 2.25. The molecule has 0 unspecified atom stereocenters. The van der Waals surface area contributed by atoms with Crippen LogP contribution in [0, 0.1) is 10.1 Å². The van der Waals surface area contributed by atoms with Gasteiger partial charge in [-0.25, -0.2) is 9.79 Å². The van der Waals surface area contributed by atoms with E-state index in [4.69, 9.17) is 9.15 Å². The molecule has 2 heterocycles. The van der Waals surface area contributed by atoms with Gasteiger partial charge in [0.2, 0.25) is 11.8 Å². The molecule has 0 atom stereocenters. The van der Waals surface area contributed by atoms with Crippen LogP contribution in [0.25, 0.3) is 17.4 Å². The van der Waals surface area contributed by atoms with Gasteiger partial charge in [-0.3, -0.25) is 14.9 Å². The van der Waals surface area contributed by atoms with E-state index in [9.17, 15) is 19.7 Å². The Morgan fingerprint density at radius 1 is 1.10 bits per heavy atom. The van der Waals surface area contributed by atoms with Crippen LogP contribution in [0.3, 0.4) is 0 Å². The van der Waals surface area contributed by atoms with Gasteiger partial charge >= 0.3 is 5.97 Å². The Hall–Kier alpha value is -4.53. The van der Waals surface area contributed by atoms with E-state index in [1.807, 2.05) is 0 Å². The summed E-state index contributed by atoms with van der Waals surface area (Å²) in [5.41, 5.74) is 1.44. The van der Waals surface area contributed by atoms with E-state index in [2.05, 4.69) is 10.3 Å². The highest BCUT2D eigenvalue weighted by atomic mass is 16.6. The lowest BCUT2D eigenvalue weighted by Gasteiger charge is -2.03. The number of benzene rings is 2. The highest BCUT2D eigenvalue weighted by molar-refractivity contribution is 6.12. The molecule has 1 aliphatic heterocycles. The molecule has 9 nitrogen and oxygen atoms in total. The SMILES string of the molecule is CC(=O)Nc1ccc(C2=N/C(=C\c3ccc(-c4ccccc4[N+](=O)[O-])o3)C(=O)O2)cc1. The molecule has 0 saturated heterocycles. The lowest BCUT2D eigenvalue weighted by Crippen LogP contribution is -2.07. The minimum absolute atomic E-state index is 0.0319. The molecule has 3 aromatic rings. The number of amides is 1. The third kappa shape index (κ3) is 4.25. The second kappa shape index (κ2) is 8.07. The predicted octanol–water partition coefficient (Wildman–Crippen LogP) is 4.16. The molecule has 0 spiro atoms. The smallest absolute Gasteiger partial charge is 0.363 e. The summed E-state index contributed by atoms with van der Waals surface area (Å²) in [5.74, 6) is -0.128. The van der Waals surface area contributed by atoms with E-state index >= 15 is 0 Å². The van der Waals surface area contributed by atoms with Crippen LogP contribution < -0.4 is 5.32 Å². The van der Waals surface area contributed by atoms with Gasteiger partial charge < -0.3 is 14.5 Å². The molecule has 1 amide bonds. The van der Waals surface area contributed by atoms with Crippen LogP contribution in [0.5, 0.6) is 0 Å². The molecule has 0 saturated carbocycles. The number of para-hydroxylation sites is 1. The first-order valence-electron chi connectivity index (χ1n) is 9.15. The van der Waals surface area contributed by atoms with Crippen molar-refractivity contribution in [2.45, 2.75) is 6.92 Å². The fraction of sp³-hybridized carbons (Fsp3) is 0.0455. The number of furan rings is 1. The van der Waals surface area contributed by atoms with Gasteiger partial charge in [0, 0.05) is 30.3 Å². The second-order valence-electron chi connectivity index (χ2n) is 6.57. The first kappa shape index (κ1) is 19.8. The summed E-state index contributed by atoms with van der Waals surface area (Å²) in [5, 5.41) is 13.9. The van der Waals surface area contributed by atoms with Crippen molar-refractivity contribution in [3.8, 4) is 11.3 Å². The fourth-order valence-electron chi connectivity index (χ4n) is 2.98. The van der Waals surface area contributed by atoms with E-state index in [1.165, 1.54) is 19.1 Å². The van der Waals surface area contributed by atoms with E-state index in [0.717, 1.165) is 0 Å². The van der Waals surface area contributed by atoms with Crippen molar-refractivity contribution >= 4 is 35.2 Å². The molecule has 1 aliphatic rings. The monoisotopic (exact) mass is 417 g/mol. The van der Waals surface area contributed by atoms with Gasteiger partial charge in [-0.2, -0.15) is 0 Å². The number of nitro groups is 1. The van der Waals surface area contributed by atoms with Crippen LogP contribution >= 0.6 is 0 Å². The zero-order valence-electron chi connectivity index (χ0n) is 16.2. The first-order chi connectivity index (χ1) is 14.9. The van der Waals surface area contributed by atoms with Crippen LogP contribution in [0.4, 0.5) is 11.4 Å². The third-order valence-electron chi connectivity index (χ3n) is 4.34. The third-order valence-corrected chi connectivity index (χ3v) is 4.34. The van der Waals surface area contributed by atoms with Gasteiger partial charge in [-0.05, 0) is 42.5 Å². The van der Waals surface area contributed by atoms with Crippen molar-refractivity contribution in [1.82, 2.24) is 0 Å². The van der Waals surface area contributed by atoms with Crippen molar-refractivity contribution in [2.24, 2.45) is 4.99 Å². The standard InChI is InChI=1S/C22H15N3O6/c1-13(26)23-15-8-6-14(7-9-15)21-24-18(22(27)31-21)12-16-10-11-20(30-16)17-4-2-3-5-19(17)25(28)29/h2-12H,1H3,(H,23,26)/b18-12-. The number of ether oxygens (including phenoxy) is 1. The number of nitrogens with one attached hydrogen (secondary N) is 1. The van der Waals surface area contributed by atoms with Crippen LogP contribution in [-0.2, 0) is 14.3 Å². The molecule has 2 aromatic carbocycles. The van der Waals surface area contributed by atoms with Crippen molar-refractivity contribution in [1.29, 1.82) is 0 Å². The number of aliphatic imine (C=N–C) groups is 1. The molecule has 4 rings (SSSR count). The highest BCUT2D eigenvalue weighted by Crippen LogP contribution is 2.31. The van der Waals surface area contributed by atoms with E-state index in [0.29, 0.717) is 28.3 Å². The van der Waals surface area contributed by atoms with Crippen molar-refractivity contribution in [3.63, 3.8) is 0 Å². The van der Waals surface area contributed by atoms with Crippen LogP contribution in [0.1, 0.15) is 18.2 Å². The molecular weight excluding hydrogens is 402 g/mol. The maximum atomic E-state index is 12.2. The molecule has 31 heavy (non-hydrogen) atoms. The maximum Gasteiger partial charge on any atom is 0.363 e. The molecule has 9 heteroatoms. The molecule has 1 N–H and O–H groups in total. The number of cyclic esters (lactones) is 1. The van der Waals surface area contributed by atoms with Gasteiger partial charge in [-0.15, -0.1) is 0 Å². The summed E-state index contributed by atoms with van der Waals surface area (Å²) < 4.78 is 10.9. The maximum absolute atomic E-state index is 12.2. The molecule has 0 aliphatic carbocycles. The lowest BCUT2D eigenvalue weighted by atomic mass is 10.1. The lowest BCUT2D eigenvalue weighted by molar-refractivity contribution is -0.384. The summed E-state index contributed by atoms with van der Waals surface area (Å²) in [6.07, 6.45) is 1.40. The van der Waals surface area contributed by atoms with E-state index in [-0.39, 0.29) is 23.2 Å². The van der Waals surface area contributed by atoms with Gasteiger partial charge in [-0.1, -0.05) is 12.1 Å². The topological polar surface area (TPSA) is 124 Å². The normalized spacial score (nSPS) is 14.3. The Kier molecular flexibility index (Phi) is 5.15. The average molecular weight is 417 g/mol. The number of nitrogens with zero attached hydrogens (tertiary/aromatic N) is 2. The number of anilines is 1. The fourth-order valence-corrected chi connectivity index (χ4v) is 2.98. The van der Waals surface area contributed by atoms with E-state index < -0.39 is 10.9 Å². The number of rotatable bonds is 5. The molecule has 0 fully saturated rings. The van der Waals surface area contributed by atoms with Crippen molar-refractivity contribution < 1.29 is 23.7 Å². The quantitative estimate of drug-likeness (QED) is 0.288. The predicted molar refractivity (Wildman–Crippen MR) is 112 cm³/mol. The number of carbonyl (C=O) groups excluding carboxylic acids is 2. The Bertz CT molecular complexity index is 1250. The minimum Gasteiger partial charge on any atom is -0.456 e. The largest absolute Gasteiger partial charge is 0.456 e. The van der Waals surface area contributed by atoms with E-state index in [1.54, 1.807) is 54.6 Å². The van der Waals surface area contributed by atoms with Crippen LogP contribution in [0.2, 0.25) is 0 Å². The first-order valence-corrected chi connectivity index (χ1v) is 9.15. The number of hydrogen-bond acceptors (Lipinski definition) is 7. The number of hydrogen-bond donors (Lipinski definition) is 1. The zero-order valence-corrected chi connectivity index (χ0v) is 16.2. The Balaban J connectivity index is 1.59. The Labute approximate surface area is 175 Å². The van der Waals surface area contributed by atoms with Crippen LogP contribution in [0.15, 0.2) is 75.8 Å².